The van der Waals surface area contributed by atoms with Crippen LogP contribution < -0.4 is 0 Å². The molecule has 1 heteroatoms. The van der Waals surface area contributed by atoms with Gasteiger partial charge in [-0.05, 0) is 44.9 Å². The van der Waals surface area contributed by atoms with Crippen molar-refractivity contribution in [1.29, 1.82) is 0 Å². The highest BCUT2D eigenvalue weighted by atomic mass is 16.5. The van der Waals surface area contributed by atoms with Crippen molar-refractivity contribution < 1.29 is 4.74 Å². The molecule has 0 aliphatic heterocycles. The van der Waals surface area contributed by atoms with Crippen molar-refractivity contribution in [3.8, 4) is 0 Å². The number of hydrogen-bond acceptors (Lipinski definition) is 1. The summed E-state index contributed by atoms with van der Waals surface area (Å²) >= 11 is 0. The zero-order chi connectivity index (χ0) is 12.2. The van der Waals surface area contributed by atoms with E-state index in [2.05, 4.69) is 39.8 Å². The highest BCUT2D eigenvalue weighted by Crippen LogP contribution is 2.44. The summed E-state index contributed by atoms with van der Waals surface area (Å²) < 4.78 is 5.40. The van der Waals surface area contributed by atoms with Crippen molar-refractivity contribution >= 4 is 0 Å². The Morgan fingerprint density at radius 2 is 2.25 bits per heavy atom. The molecule has 1 aliphatic carbocycles. The molecule has 0 bridgehead atoms. The van der Waals surface area contributed by atoms with Crippen molar-refractivity contribution in [3.05, 3.63) is 23.3 Å². The Hall–Kier alpha value is -0.560. The van der Waals surface area contributed by atoms with Gasteiger partial charge in [0.05, 0.1) is 6.61 Å². The fourth-order valence-corrected chi connectivity index (χ4v) is 2.25. The minimum absolute atomic E-state index is 0.377. The third-order valence-electron chi connectivity index (χ3n) is 4.03. The lowest BCUT2D eigenvalue weighted by molar-refractivity contribution is 0.170. The predicted octanol–water partition coefficient (Wildman–Crippen LogP) is 4.35. The van der Waals surface area contributed by atoms with Crippen LogP contribution in [0.1, 0.15) is 47.5 Å². The van der Waals surface area contributed by atoms with Crippen LogP contribution in [0.2, 0.25) is 0 Å². The van der Waals surface area contributed by atoms with Crippen molar-refractivity contribution in [2.75, 3.05) is 13.2 Å². The molecule has 0 aromatic rings. The molecule has 1 nitrogen and oxygen atoms in total. The van der Waals surface area contributed by atoms with Crippen LogP contribution in [0.5, 0.6) is 0 Å². The van der Waals surface area contributed by atoms with E-state index < -0.39 is 0 Å². The molecular formula is C15H26O. The molecule has 0 aromatic heterocycles. The zero-order valence-corrected chi connectivity index (χ0v) is 11.5. The van der Waals surface area contributed by atoms with E-state index in [0.29, 0.717) is 5.41 Å². The summed E-state index contributed by atoms with van der Waals surface area (Å²) in [5.74, 6) is 0.768. The van der Waals surface area contributed by atoms with E-state index in [1.165, 1.54) is 18.4 Å². The molecular weight excluding hydrogens is 196 g/mol. The van der Waals surface area contributed by atoms with Crippen LogP contribution in [0.4, 0.5) is 0 Å². The summed E-state index contributed by atoms with van der Waals surface area (Å²) in [6.07, 6.45) is 7.17. The number of ether oxygens (including phenoxy) is 1. The molecule has 1 aliphatic rings. The molecule has 0 N–H and O–H groups in total. The van der Waals surface area contributed by atoms with E-state index in [0.717, 1.165) is 19.1 Å². The number of rotatable bonds is 5. The molecule has 0 heterocycles. The normalized spacial score (nSPS) is 24.7. The second-order valence-electron chi connectivity index (χ2n) is 5.46. The van der Waals surface area contributed by atoms with Crippen LogP contribution in [0.15, 0.2) is 23.3 Å². The zero-order valence-electron chi connectivity index (χ0n) is 11.5. The summed E-state index contributed by atoms with van der Waals surface area (Å²) in [5.41, 5.74) is 3.29. The van der Waals surface area contributed by atoms with Gasteiger partial charge in [0.25, 0.3) is 0 Å². The minimum Gasteiger partial charge on any atom is -0.377 e. The lowest BCUT2D eigenvalue weighted by Crippen LogP contribution is -2.19. The van der Waals surface area contributed by atoms with Gasteiger partial charge < -0.3 is 4.74 Å². The molecule has 0 radical (unpaired) electrons. The first-order valence-corrected chi connectivity index (χ1v) is 6.39. The molecule has 0 aromatic carbocycles. The van der Waals surface area contributed by atoms with Gasteiger partial charge in [-0.3, -0.25) is 0 Å². The van der Waals surface area contributed by atoms with Gasteiger partial charge in [0, 0.05) is 6.61 Å². The molecule has 0 unspecified atom stereocenters. The molecule has 1 rings (SSSR count). The SMILES string of the molecule is CCOC/C(C)=C/C[C@H]1CC=C(C)C1(C)C. The predicted molar refractivity (Wildman–Crippen MR) is 70.5 cm³/mol. The summed E-state index contributed by atoms with van der Waals surface area (Å²) in [7, 11) is 0. The molecule has 16 heavy (non-hydrogen) atoms. The van der Waals surface area contributed by atoms with Crippen LogP contribution in [0, 0.1) is 11.3 Å². The lowest BCUT2D eigenvalue weighted by atomic mass is 9.76. The van der Waals surface area contributed by atoms with Crippen LogP contribution >= 0.6 is 0 Å². The van der Waals surface area contributed by atoms with Gasteiger partial charge in [-0.15, -0.1) is 0 Å². The van der Waals surface area contributed by atoms with Crippen molar-refractivity contribution in [2.24, 2.45) is 11.3 Å². The fourth-order valence-electron chi connectivity index (χ4n) is 2.25. The van der Waals surface area contributed by atoms with E-state index in [-0.39, 0.29) is 0 Å². The first-order chi connectivity index (χ1) is 7.48. The quantitative estimate of drug-likeness (QED) is 0.628. The molecule has 0 amide bonds. The Balaban J connectivity index is 2.45. The Kier molecular flexibility index (Phi) is 4.79. The van der Waals surface area contributed by atoms with Crippen molar-refractivity contribution in [3.63, 3.8) is 0 Å². The summed E-state index contributed by atoms with van der Waals surface area (Å²) in [4.78, 5) is 0. The third-order valence-corrected chi connectivity index (χ3v) is 4.03. The molecule has 0 spiro atoms. The van der Waals surface area contributed by atoms with E-state index in [1.54, 1.807) is 5.57 Å². The van der Waals surface area contributed by atoms with Crippen molar-refractivity contribution in [1.82, 2.24) is 0 Å². The first-order valence-electron chi connectivity index (χ1n) is 6.39. The van der Waals surface area contributed by atoms with Crippen LogP contribution in [-0.2, 0) is 4.74 Å². The Labute approximate surface area is 101 Å². The smallest absolute Gasteiger partial charge is 0.0673 e. The second kappa shape index (κ2) is 5.67. The Morgan fingerprint density at radius 3 is 2.75 bits per heavy atom. The topological polar surface area (TPSA) is 9.23 Å². The highest BCUT2D eigenvalue weighted by molar-refractivity contribution is 5.19. The monoisotopic (exact) mass is 222 g/mol. The summed E-state index contributed by atoms with van der Waals surface area (Å²) in [6.45, 7) is 12.8. The Morgan fingerprint density at radius 1 is 1.56 bits per heavy atom. The van der Waals surface area contributed by atoms with Gasteiger partial charge in [-0.2, -0.15) is 0 Å². The maximum atomic E-state index is 5.40. The van der Waals surface area contributed by atoms with E-state index >= 15 is 0 Å². The van der Waals surface area contributed by atoms with Gasteiger partial charge in [-0.1, -0.05) is 37.1 Å². The van der Waals surface area contributed by atoms with Gasteiger partial charge in [0.2, 0.25) is 0 Å². The average molecular weight is 222 g/mol. The Bertz CT molecular complexity index is 284. The maximum Gasteiger partial charge on any atom is 0.0673 e. The molecule has 0 fully saturated rings. The molecule has 92 valence electrons. The van der Waals surface area contributed by atoms with Crippen LogP contribution in [-0.4, -0.2) is 13.2 Å². The minimum atomic E-state index is 0.377. The lowest BCUT2D eigenvalue weighted by Gasteiger charge is -2.29. The largest absolute Gasteiger partial charge is 0.377 e. The molecule has 0 saturated carbocycles. The number of allylic oxidation sites excluding steroid dienone is 3. The van der Waals surface area contributed by atoms with Crippen LogP contribution in [0.25, 0.3) is 0 Å². The average Bonchev–Trinajstić information content (AvgIpc) is 2.49. The van der Waals surface area contributed by atoms with E-state index in [4.69, 9.17) is 4.74 Å². The molecule has 0 saturated heterocycles. The van der Waals surface area contributed by atoms with Gasteiger partial charge in [0.15, 0.2) is 0 Å². The van der Waals surface area contributed by atoms with Crippen LogP contribution in [0.3, 0.4) is 0 Å². The summed E-state index contributed by atoms with van der Waals surface area (Å²) in [6, 6.07) is 0. The highest BCUT2D eigenvalue weighted by Gasteiger charge is 2.33. The fraction of sp³-hybridized carbons (Fsp3) is 0.733. The standard InChI is InChI=1S/C15H26O/c1-6-16-11-12(2)7-9-14-10-8-13(3)15(14,4)5/h7-8,14H,6,9-11H2,1-5H3/b12-7+/t14-/m0/s1. The third kappa shape index (κ3) is 3.21. The van der Waals surface area contributed by atoms with Crippen molar-refractivity contribution in [2.45, 2.75) is 47.5 Å². The van der Waals surface area contributed by atoms with Gasteiger partial charge in [-0.25, -0.2) is 0 Å². The second-order valence-corrected chi connectivity index (χ2v) is 5.46. The van der Waals surface area contributed by atoms with E-state index in [9.17, 15) is 0 Å². The van der Waals surface area contributed by atoms with Gasteiger partial charge in [0.1, 0.15) is 0 Å². The van der Waals surface area contributed by atoms with E-state index in [1.807, 2.05) is 6.92 Å². The summed E-state index contributed by atoms with van der Waals surface area (Å²) in [5, 5.41) is 0. The first kappa shape index (κ1) is 13.5. The molecule has 1 atom stereocenters. The number of hydrogen-bond donors (Lipinski definition) is 0. The van der Waals surface area contributed by atoms with Gasteiger partial charge >= 0.3 is 0 Å². The maximum absolute atomic E-state index is 5.40.